The van der Waals surface area contributed by atoms with E-state index in [1.807, 2.05) is 4.90 Å². The van der Waals surface area contributed by atoms with Crippen molar-refractivity contribution in [1.29, 1.82) is 5.41 Å². The Hall–Kier alpha value is -2.03. The van der Waals surface area contributed by atoms with Crippen molar-refractivity contribution in [3.63, 3.8) is 0 Å². The molecule has 1 aromatic rings. The molecule has 0 amide bonds. The number of halogens is 2. The number of rotatable bonds is 2. The van der Waals surface area contributed by atoms with Crippen LogP contribution in [0.3, 0.4) is 0 Å². The second-order valence-electron chi connectivity index (χ2n) is 5.69. The van der Waals surface area contributed by atoms with E-state index >= 15 is 0 Å². The molecule has 0 unspecified atom stereocenters. The molecular formula is C12H17F2N7. The Morgan fingerprint density at radius 3 is 2.62 bits per heavy atom. The highest BCUT2D eigenvalue weighted by molar-refractivity contribution is 5.90. The number of hydrogen-bond donors (Lipinski definition) is 4. The smallest absolute Gasteiger partial charge is 0.251 e. The summed E-state index contributed by atoms with van der Waals surface area (Å²) in [5.41, 5.74) is 11.1. The van der Waals surface area contributed by atoms with Gasteiger partial charge in [0.25, 0.3) is 5.92 Å². The summed E-state index contributed by atoms with van der Waals surface area (Å²) >= 11 is 0. The van der Waals surface area contributed by atoms with Gasteiger partial charge in [0.1, 0.15) is 11.6 Å². The number of hydrogen-bond acceptors (Lipinski definition) is 7. The molecule has 2 aliphatic rings. The van der Waals surface area contributed by atoms with Crippen LogP contribution in [0.15, 0.2) is 0 Å². The van der Waals surface area contributed by atoms with E-state index in [4.69, 9.17) is 16.9 Å². The number of aromatic nitrogens is 2. The number of nitrogens with one attached hydrogen (secondary N) is 2. The minimum absolute atomic E-state index is 0.0135. The average Bonchev–Trinajstić information content (AvgIpc) is 2.35. The molecule has 6 N–H and O–H groups in total. The first-order valence-corrected chi connectivity index (χ1v) is 6.65. The van der Waals surface area contributed by atoms with Gasteiger partial charge in [-0.3, -0.25) is 0 Å². The van der Waals surface area contributed by atoms with Gasteiger partial charge in [-0.25, -0.2) is 8.78 Å². The molecule has 1 saturated carbocycles. The third-order valence-electron chi connectivity index (χ3n) is 3.99. The number of anilines is 3. The maximum Gasteiger partial charge on any atom is 0.251 e. The summed E-state index contributed by atoms with van der Waals surface area (Å²) < 4.78 is 26.4. The number of nitrogen functional groups attached to an aromatic ring is 2. The molecule has 21 heavy (non-hydrogen) atoms. The lowest BCUT2D eigenvalue weighted by Gasteiger charge is -2.53. The van der Waals surface area contributed by atoms with Crippen molar-refractivity contribution in [1.82, 2.24) is 15.3 Å². The molecule has 1 aliphatic heterocycles. The molecule has 0 aromatic carbocycles. The summed E-state index contributed by atoms with van der Waals surface area (Å²) in [6.45, 7) is 1.54. The van der Waals surface area contributed by atoms with E-state index in [1.165, 1.54) is 0 Å². The van der Waals surface area contributed by atoms with Crippen molar-refractivity contribution in [3.8, 4) is 0 Å². The molecule has 0 atom stereocenters. The SMILES string of the molecule is N=Cc1c(N)nc(N)nc1N1CCNC2(C1)CC(F)(F)C2. The second-order valence-corrected chi connectivity index (χ2v) is 5.69. The van der Waals surface area contributed by atoms with Crippen LogP contribution >= 0.6 is 0 Å². The second kappa shape index (κ2) is 4.48. The van der Waals surface area contributed by atoms with Gasteiger partial charge in [-0.1, -0.05) is 0 Å². The van der Waals surface area contributed by atoms with E-state index in [-0.39, 0.29) is 24.6 Å². The van der Waals surface area contributed by atoms with Crippen molar-refractivity contribution in [3.05, 3.63) is 5.56 Å². The molecule has 9 heteroatoms. The van der Waals surface area contributed by atoms with Crippen LogP contribution in [0.2, 0.25) is 0 Å². The van der Waals surface area contributed by atoms with Crippen molar-refractivity contribution >= 4 is 23.8 Å². The molecule has 1 spiro atoms. The first-order valence-electron chi connectivity index (χ1n) is 6.65. The molecular weight excluding hydrogens is 280 g/mol. The van der Waals surface area contributed by atoms with Crippen LogP contribution < -0.4 is 21.7 Å². The fraction of sp³-hybridized carbons (Fsp3) is 0.583. The van der Waals surface area contributed by atoms with Crippen molar-refractivity contribution < 1.29 is 8.78 Å². The van der Waals surface area contributed by atoms with Gasteiger partial charge < -0.3 is 27.1 Å². The monoisotopic (exact) mass is 297 g/mol. The van der Waals surface area contributed by atoms with E-state index in [2.05, 4.69) is 15.3 Å². The van der Waals surface area contributed by atoms with Gasteiger partial charge in [-0.15, -0.1) is 0 Å². The quantitative estimate of drug-likeness (QED) is 0.580. The van der Waals surface area contributed by atoms with Crippen LogP contribution in [0, 0.1) is 5.41 Å². The first-order chi connectivity index (χ1) is 9.84. The number of piperazine rings is 1. The molecule has 1 aromatic heterocycles. The molecule has 2 heterocycles. The van der Waals surface area contributed by atoms with Gasteiger partial charge in [0.2, 0.25) is 5.95 Å². The van der Waals surface area contributed by atoms with Gasteiger partial charge >= 0.3 is 0 Å². The standard InChI is InChI=1S/C12H17F2N7/c13-12(14)4-11(5-12)6-21(2-1-18-11)9-7(3-15)8(16)19-10(17)20-9/h3,15,18H,1-2,4-6H2,(H4,16,17,19,20). The molecule has 3 rings (SSSR count). The lowest BCUT2D eigenvalue weighted by molar-refractivity contribution is -0.133. The van der Waals surface area contributed by atoms with Crippen LogP contribution in [0.1, 0.15) is 18.4 Å². The van der Waals surface area contributed by atoms with E-state index in [0.29, 0.717) is 31.0 Å². The average molecular weight is 297 g/mol. The predicted octanol–water partition coefficient (Wildman–Crippen LogP) is 0.216. The Bertz CT molecular complexity index is 581. The van der Waals surface area contributed by atoms with E-state index in [9.17, 15) is 8.78 Å². The third kappa shape index (κ3) is 2.37. The summed E-state index contributed by atoms with van der Waals surface area (Å²) in [6, 6.07) is 0. The van der Waals surface area contributed by atoms with Crippen LogP contribution in [0.4, 0.5) is 26.4 Å². The molecule has 1 aliphatic carbocycles. The minimum Gasteiger partial charge on any atom is -0.383 e. The molecule has 0 bridgehead atoms. The molecule has 2 fully saturated rings. The van der Waals surface area contributed by atoms with Crippen LogP contribution in [0.25, 0.3) is 0 Å². The molecule has 7 nitrogen and oxygen atoms in total. The van der Waals surface area contributed by atoms with Crippen molar-refractivity contribution in [2.45, 2.75) is 24.3 Å². The van der Waals surface area contributed by atoms with Gasteiger partial charge in [-0.05, 0) is 0 Å². The van der Waals surface area contributed by atoms with Crippen LogP contribution in [0.5, 0.6) is 0 Å². The highest BCUT2D eigenvalue weighted by Gasteiger charge is 2.57. The van der Waals surface area contributed by atoms with Crippen LogP contribution in [-0.4, -0.2) is 47.3 Å². The minimum atomic E-state index is -2.61. The first kappa shape index (κ1) is 13.9. The van der Waals surface area contributed by atoms with Gasteiger partial charge in [-0.2, -0.15) is 9.97 Å². The number of nitrogens with two attached hydrogens (primary N) is 2. The van der Waals surface area contributed by atoms with Gasteiger partial charge in [0.05, 0.1) is 5.56 Å². The van der Waals surface area contributed by atoms with Gasteiger partial charge in [0.15, 0.2) is 0 Å². The summed E-state index contributed by atoms with van der Waals surface area (Å²) in [6.07, 6.45) is 0.688. The van der Waals surface area contributed by atoms with E-state index < -0.39 is 11.5 Å². The lowest BCUT2D eigenvalue weighted by Crippen LogP contribution is -2.70. The molecule has 0 radical (unpaired) electrons. The summed E-state index contributed by atoms with van der Waals surface area (Å²) in [4.78, 5) is 9.81. The Kier molecular flexibility index (Phi) is 2.97. The number of alkyl halides is 2. The Balaban J connectivity index is 1.89. The van der Waals surface area contributed by atoms with Crippen molar-refractivity contribution in [2.24, 2.45) is 0 Å². The normalized spacial score (nSPS) is 22.9. The lowest BCUT2D eigenvalue weighted by atomic mass is 9.72. The molecule has 1 saturated heterocycles. The Labute approximate surface area is 120 Å². The maximum absolute atomic E-state index is 13.2. The summed E-state index contributed by atoms with van der Waals surface area (Å²) in [5.74, 6) is -2.03. The zero-order chi connectivity index (χ0) is 15.3. The topological polar surface area (TPSA) is 117 Å². The summed E-state index contributed by atoms with van der Waals surface area (Å²) in [7, 11) is 0. The maximum atomic E-state index is 13.2. The van der Waals surface area contributed by atoms with Crippen LogP contribution in [-0.2, 0) is 0 Å². The fourth-order valence-corrected chi connectivity index (χ4v) is 3.18. The van der Waals surface area contributed by atoms with E-state index in [0.717, 1.165) is 6.21 Å². The zero-order valence-corrected chi connectivity index (χ0v) is 11.4. The Morgan fingerprint density at radius 2 is 2.00 bits per heavy atom. The largest absolute Gasteiger partial charge is 0.383 e. The van der Waals surface area contributed by atoms with Crippen molar-refractivity contribution in [2.75, 3.05) is 36.0 Å². The summed E-state index contributed by atoms with van der Waals surface area (Å²) in [5, 5.41) is 10.6. The van der Waals surface area contributed by atoms with Gasteiger partial charge in [0, 0.05) is 44.2 Å². The Morgan fingerprint density at radius 1 is 1.29 bits per heavy atom. The fourth-order valence-electron chi connectivity index (χ4n) is 3.18. The highest BCUT2D eigenvalue weighted by Crippen LogP contribution is 2.47. The molecule has 114 valence electrons. The number of nitrogens with zero attached hydrogens (tertiary/aromatic N) is 3. The zero-order valence-electron chi connectivity index (χ0n) is 11.4. The highest BCUT2D eigenvalue weighted by atomic mass is 19.3. The third-order valence-corrected chi connectivity index (χ3v) is 3.99. The predicted molar refractivity (Wildman–Crippen MR) is 75.9 cm³/mol. The van der Waals surface area contributed by atoms with E-state index in [1.54, 1.807) is 0 Å².